The Morgan fingerprint density at radius 2 is 2.14 bits per heavy atom. The van der Waals surface area contributed by atoms with E-state index in [4.69, 9.17) is 4.74 Å². The zero-order chi connectivity index (χ0) is 15.7. The number of hydrogen-bond donors (Lipinski definition) is 2. The monoisotopic (exact) mass is 302 g/mol. The maximum Gasteiger partial charge on any atom is 0.170 e. The highest BCUT2D eigenvalue weighted by atomic mass is 16.5. The van der Waals surface area contributed by atoms with Crippen molar-refractivity contribution in [3.8, 4) is 5.75 Å². The average Bonchev–Trinajstić information content (AvgIpc) is 3.08. The van der Waals surface area contributed by atoms with Gasteiger partial charge in [0, 0.05) is 25.6 Å². The van der Waals surface area contributed by atoms with Gasteiger partial charge in [0.2, 0.25) is 0 Å². The van der Waals surface area contributed by atoms with E-state index in [1.54, 1.807) is 12.1 Å². The second-order valence-corrected chi connectivity index (χ2v) is 6.25. The number of ketones is 1. The topological polar surface area (TPSA) is 66.8 Å². The summed E-state index contributed by atoms with van der Waals surface area (Å²) in [6.45, 7) is 3.48. The molecule has 2 unspecified atom stereocenters. The van der Waals surface area contributed by atoms with Crippen LogP contribution in [0.2, 0.25) is 0 Å². The van der Waals surface area contributed by atoms with Crippen molar-refractivity contribution in [2.24, 2.45) is 11.8 Å². The highest BCUT2D eigenvalue weighted by Crippen LogP contribution is 2.39. The van der Waals surface area contributed by atoms with E-state index in [0.29, 0.717) is 30.1 Å². The molecule has 0 spiro atoms. The summed E-state index contributed by atoms with van der Waals surface area (Å²) in [5.74, 6) is 0.538. The minimum Gasteiger partial charge on any atom is -0.512 e. The van der Waals surface area contributed by atoms with Crippen molar-refractivity contribution in [2.75, 3.05) is 13.2 Å². The number of allylic oxidation sites excluding steroid dienone is 2. The van der Waals surface area contributed by atoms with Gasteiger partial charge in [0.15, 0.2) is 5.78 Å². The first-order valence-electron chi connectivity index (χ1n) is 7.96. The molecule has 4 heteroatoms. The zero-order valence-corrected chi connectivity index (χ0v) is 12.8. The number of benzene rings is 1. The van der Waals surface area contributed by atoms with Gasteiger partial charge in [-0.3, -0.25) is 4.79 Å². The first-order chi connectivity index (χ1) is 10.6. The summed E-state index contributed by atoms with van der Waals surface area (Å²) in [5, 5.41) is 20.0. The summed E-state index contributed by atoms with van der Waals surface area (Å²) < 4.78 is 5.37. The number of hydrogen-bond acceptors (Lipinski definition) is 4. The first kappa shape index (κ1) is 15.1. The number of carbonyl (C=O) groups excluding carboxylic acids is 1. The molecule has 1 aromatic carbocycles. The molecule has 1 saturated heterocycles. The molecule has 1 aliphatic heterocycles. The van der Waals surface area contributed by atoms with Crippen molar-refractivity contribution >= 4 is 11.4 Å². The smallest absolute Gasteiger partial charge is 0.170 e. The predicted octanol–water partition coefficient (Wildman–Crippen LogP) is 3.24. The van der Waals surface area contributed by atoms with Gasteiger partial charge in [-0.15, -0.1) is 0 Å². The van der Waals surface area contributed by atoms with Gasteiger partial charge in [0.05, 0.1) is 5.57 Å². The van der Waals surface area contributed by atoms with Gasteiger partial charge >= 0.3 is 0 Å². The predicted molar refractivity (Wildman–Crippen MR) is 83.7 cm³/mol. The van der Waals surface area contributed by atoms with E-state index in [2.05, 4.69) is 0 Å². The fourth-order valence-corrected chi connectivity index (χ4v) is 3.53. The third-order valence-corrected chi connectivity index (χ3v) is 4.73. The SMILES string of the molecule is CCc1ccc(O)cc1C1=C(O)CC(CC2CCOC2)C1=O. The maximum atomic E-state index is 12.7. The molecule has 2 aliphatic rings. The largest absolute Gasteiger partial charge is 0.512 e. The molecule has 2 atom stereocenters. The third kappa shape index (κ3) is 2.75. The van der Waals surface area contributed by atoms with Crippen LogP contribution in [0.25, 0.3) is 5.57 Å². The fourth-order valence-electron chi connectivity index (χ4n) is 3.53. The summed E-state index contributed by atoms with van der Waals surface area (Å²) in [4.78, 5) is 12.7. The van der Waals surface area contributed by atoms with E-state index in [-0.39, 0.29) is 23.2 Å². The van der Waals surface area contributed by atoms with Gasteiger partial charge in [-0.1, -0.05) is 13.0 Å². The molecule has 2 N–H and O–H groups in total. The lowest BCUT2D eigenvalue weighted by Crippen LogP contribution is -2.15. The van der Waals surface area contributed by atoms with Crippen LogP contribution in [-0.2, 0) is 16.0 Å². The number of aliphatic hydroxyl groups is 1. The van der Waals surface area contributed by atoms with Crippen LogP contribution in [0.3, 0.4) is 0 Å². The van der Waals surface area contributed by atoms with Crippen molar-refractivity contribution in [1.29, 1.82) is 0 Å². The Labute approximate surface area is 130 Å². The third-order valence-electron chi connectivity index (χ3n) is 4.73. The number of aromatic hydroxyl groups is 1. The van der Waals surface area contributed by atoms with Gasteiger partial charge in [0.25, 0.3) is 0 Å². The number of rotatable bonds is 4. The number of aryl methyl sites for hydroxylation is 1. The normalized spacial score (nSPS) is 25.2. The minimum atomic E-state index is -0.159. The fraction of sp³-hybridized carbons (Fsp3) is 0.500. The molecule has 3 rings (SSSR count). The minimum absolute atomic E-state index is 0.00435. The standard InChI is InChI=1S/C18H22O4/c1-2-12-3-4-14(19)9-15(12)17-16(20)8-13(18(17)21)7-11-5-6-22-10-11/h3-4,9,11,13,19-20H,2,5-8,10H2,1H3. The summed E-state index contributed by atoms with van der Waals surface area (Å²) >= 11 is 0. The van der Waals surface area contributed by atoms with Crippen LogP contribution in [0, 0.1) is 11.8 Å². The van der Waals surface area contributed by atoms with Crippen LogP contribution < -0.4 is 0 Å². The molecule has 0 bridgehead atoms. The van der Waals surface area contributed by atoms with E-state index < -0.39 is 0 Å². The molecule has 1 aliphatic carbocycles. The number of phenols is 1. The number of phenolic OH excluding ortho intramolecular Hbond substituents is 1. The van der Waals surface area contributed by atoms with Gasteiger partial charge in [-0.25, -0.2) is 0 Å². The Morgan fingerprint density at radius 1 is 1.32 bits per heavy atom. The molecular weight excluding hydrogens is 280 g/mol. The van der Waals surface area contributed by atoms with E-state index in [9.17, 15) is 15.0 Å². The zero-order valence-electron chi connectivity index (χ0n) is 12.8. The molecule has 4 nitrogen and oxygen atoms in total. The molecule has 1 aromatic rings. The van der Waals surface area contributed by atoms with Crippen molar-refractivity contribution < 1.29 is 19.7 Å². The molecule has 0 radical (unpaired) electrons. The van der Waals surface area contributed by atoms with Crippen LogP contribution in [0.15, 0.2) is 24.0 Å². The maximum absolute atomic E-state index is 12.7. The Hall–Kier alpha value is -1.81. The number of Topliss-reactive ketones (excluding diaryl/α,β-unsaturated/α-hetero) is 1. The van der Waals surface area contributed by atoms with Crippen LogP contribution in [0.1, 0.15) is 37.3 Å². The van der Waals surface area contributed by atoms with Crippen molar-refractivity contribution in [3.63, 3.8) is 0 Å². The van der Waals surface area contributed by atoms with Gasteiger partial charge in [0.1, 0.15) is 11.5 Å². The van der Waals surface area contributed by atoms with Gasteiger partial charge < -0.3 is 14.9 Å². The van der Waals surface area contributed by atoms with E-state index >= 15 is 0 Å². The lowest BCUT2D eigenvalue weighted by Gasteiger charge is -2.14. The Balaban J connectivity index is 1.86. The highest BCUT2D eigenvalue weighted by Gasteiger charge is 2.36. The summed E-state index contributed by atoms with van der Waals surface area (Å²) in [6, 6.07) is 5.02. The van der Waals surface area contributed by atoms with Crippen LogP contribution in [0.5, 0.6) is 5.75 Å². The Bertz CT molecular complexity index is 612. The lowest BCUT2D eigenvalue weighted by molar-refractivity contribution is -0.117. The summed E-state index contributed by atoms with van der Waals surface area (Å²) in [5.41, 5.74) is 2.05. The van der Waals surface area contributed by atoms with Crippen LogP contribution >= 0.6 is 0 Å². The first-order valence-corrected chi connectivity index (χ1v) is 7.96. The van der Waals surface area contributed by atoms with Crippen LogP contribution in [0.4, 0.5) is 0 Å². The van der Waals surface area contributed by atoms with E-state index in [0.717, 1.165) is 31.4 Å². The second-order valence-electron chi connectivity index (χ2n) is 6.25. The van der Waals surface area contributed by atoms with Crippen molar-refractivity contribution in [1.82, 2.24) is 0 Å². The summed E-state index contributed by atoms with van der Waals surface area (Å²) in [6.07, 6.45) is 2.92. The van der Waals surface area contributed by atoms with E-state index in [1.165, 1.54) is 0 Å². The Morgan fingerprint density at radius 3 is 2.82 bits per heavy atom. The van der Waals surface area contributed by atoms with Gasteiger partial charge in [-0.2, -0.15) is 0 Å². The molecule has 118 valence electrons. The summed E-state index contributed by atoms with van der Waals surface area (Å²) in [7, 11) is 0. The average molecular weight is 302 g/mol. The van der Waals surface area contributed by atoms with Gasteiger partial charge in [-0.05, 0) is 48.4 Å². The lowest BCUT2D eigenvalue weighted by atomic mass is 9.88. The Kier molecular flexibility index (Phi) is 4.21. The molecular formula is C18H22O4. The molecule has 1 heterocycles. The molecule has 0 aromatic heterocycles. The number of aliphatic hydroxyl groups excluding tert-OH is 1. The quantitative estimate of drug-likeness (QED) is 0.896. The molecule has 0 amide bonds. The molecule has 22 heavy (non-hydrogen) atoms. The van der Waals surface area contributed by atoms with E-state index in [1.807, 2.05) is 13.0 Å². The highest BCUT2D eigenvalue weighted by molar-refractivity contribution is 6.24. The van der Waals surface area contributed by atoms with Crippen molar-refractivity contribution in [2.45, 2.75) is 32.6 Å². The van der Waals surface area contributed by atoms with Crippen LogP contribution in [-0.4, -0.2) is 29.2 Å². The second kappa shape index (κ2) is 6.13. The molecule has 1 fully saturated rings. The number of carbonyl (C=O) groups is 1. The molecule has 0 saturated carbocycles. The number of ether oxygens (including phenoxy) is 1. The van der Waals surface area contributed by atoms with Crippen molar-refractivity contribution in [3.05, 3.63) is 35.1 Å².